The molecule has 0 saturated carbocycles. The number of ether oxygens (including phenoxy) is 3. The largest absolute Gasteiger partial charge is 0.490 e. The van der Waals surface area contributed by atoms with Gasteiger partial charge in [0.2, 0.25) is 0 Å². The van der Waals surface area contributed by atoms with Gasteiger partial charge in [-0.2, -0.15) is 5.10 Å². The number of nitrogens with zero attached hydrogens (tertiary/aromatic N) is 1. The third-order valence-corrected chi connectivity index (χ3v) is 5.54. The van der Waals surface area contributed by atoms with Crippen molar-refractivity contribution in [1.29, 1.82) is 0 Å². The molecule has 0 unspecified atom stereocenters. The van der Waals surface area contributed by atoms with E-state index in [9.17, 15) is 4.79 Å². The molecule has 0 fully saturated rings. The molecule has 188 valence electrons. The van der Waals surface area contributed by atoms with Crippen LogP contribution in [0.1, 0.15) is 39.5 Å². The molecule has 0 bridgehead atoms. The molecule has 1 amide bonds. The predicted octanol–water partition coefficient (Wildman–Crippen LogP) is 6.32. The molecule has 37 heavy (non-hydrogen) atoms. The van der Waals surface area contributed by atoms with E-state index in [-0.39, 0.29) is 5.91 Å². The van der Waals surface area contributed by atoms with Gasteiger partial charge >= 0.3 is 0 Å². The second-order valence-corrected chi connectivity index (χ2v) is 8.38. The van der Waals surface area contributed by atoms with Gasteiger partial charge in [-0.15, -0.1) is 0 Å². The van der Waals surface area contributed by atoms with Crippen LogP contribution in [-0.2, 0) is 13.2 Å². The average molecular weight is 495 g/mol. The number of aryl methyl sites for hydroxylation is 1. The molecular weight excluding hydrogens is 464 g/mol. The Morgan fingerprint density at radius 1 is 0.757 bits per heavy atom. The molecule has 4 aromatic rings. The number of carbonyl (C=O) groups excluding carboxylic acids is 1. The molecule has 4 rings (SSSR count). The van der Waals surface area contributed by atoms with Crippen LogP contribution in [0.5, 0.6) is 17.2 Å². The van der Waals surface area contributed by atoms with E-state index in [1.165, 1.54) is 0 Å². The third-order valence-electron chi connectivity index (χ3n) is 5.54. The summed E-state index contributed by atoms with van der Waals surface area (Å²) in [6.45, 7) is 5.24. The zero-order valence-electron chi connectivity index (χ0n) is 21.0. The number of para-hydroxylation sites is 1. The molecule has 0 spiro atoms. The van der Waals surface area contributed by atoms with Gasteiger partial charge < -0.3 is 14.2 Å². The summed E-state index contributed by atoms with van der Waals surface area (Å²) >= 11 is 0. The number of hydrogen-bond acceptors (Lipinski definition) is 5. The van der Waals surface area contributed by atoms with E-state index in [1.54, 1.807) is 18.3 Å². The number of rotatable bonds is 11. The van der Waals surface area contributed by atoms with Crippen molar-refractivity contribution in [1.82, 2.24) is 5.43 Å². The van der Waals surface area contributed by atoms with E-state index in [1.807, 2.05) is 98.8 Å². The summed E-state index contributed by atoms with van der Waals surface area (Å²) in [5, 5.41) is 4.11. The van der Waals surface area contributed by atoms with Crippen molar-refractivity contribution >= 4 is 12.1 Å². The lowest BCUT2D eigenvalue weighted by Gasteiger charge is -2.14. The van der Waals surface area contributed by atoms with Crippen molar-refractivity contribution < 1.29 is 19.0 Å². The van der Waals surface area contributed by atoms with Crippen molar-refractivity contribution in [3.63, 3.8) is 0 Å². The van der Waals surface area contributed by atoms with Gasteiger partial charge in [-0.25, -0.2) is 5.43 Å². The average Bonchev–Trinajstić information content (AvgIpc) is 2.93. The minimum Gasteiger partial charge on any atom is -0.490 e. The summed E-state index contributed by atoms with van der Waals surface area (Å²) in [5.74, 6) is 1.74. The molecular formula is C31H30N2O4. The molecule has 0 aliphatic heterocycles. The Hall–Kier alpha value is -4.58. The second-order valence-electron chi connectivity index (χ2n) is 8.38. The fourth-order valence-electron chi connectivity index (χ4n) is 3.57. The number of hydrazone groups is 1. The standard InChI is InChI=1S/C31H30N2O4/c1-3-35-30-19-25(15-18-29(30)37-21-24-9-5-4-6-10-24)22-36-28-12-8-7-11-27(28)20-32-33-31(34)26-16-13-23(2)14-17-26/h4-20H,3,21-22H2,1-2H3,(H,33,34)/b32-20+. The van der Waals surface area contributed by atoms with Crippen molar-refractivity contribution in [3.05, 3.63) is 125 Å². The van der Waals surface area contributed by atoms with E-state index < -0.39 is 0 Å². The van der Waals surface area contributed by atoms with E-state index in [0.29, 0.717) is 42.6 Å². The van der Waals surface area contributed by atoms with Crippen LogP contribution in [0.15, 0.2) is 102 Å². The van der Waals surface area contributed by atoms with Crippen LogP contribution >= 0.6 is 0 Å². The lowest BCUT2D eigenvalue weighted by Crippen LogP contribution is -2.17. The Morgan fingerprint density at radius 3 is 2.24 bits per heavy atom. The number of carbonyl (C=O) groups is 1. The highest BCUT2D eigenvalue weighted by atomic mass is 16.5. The number of nitrogens with one attached hydrogen (secondary N) is 1. The maximum atomic E-state index is 12.3. The highest BCUT2D eigenvalue weighted by Crippen LogP contribution is 2.30. The summed E-state index contributed by atoms with van der Waals surface area (Å²) < 4.78 is 17.9. The summed E-state index contributed by atoms with van der Waals surface area (Å²) in [6, 6.07) is 30.7. The third kappa shape index (κ3) is 7.45. The first-order valence-corrected chi connectivity index (χ1v) is 12.2. The van der Waals surface area contributed by atoms with Crippen molar-refractivity contribution in [3.8, 4) is 17.2 Å². The van der Waals surface area contributed by atoms with Gasteiger partial charge in [0.25, 0.3) is 5.91 Å². The summed E-state index contributed by atoms with van der Waals surface area (Å²) in [6.07, 6.45) is 1.58. The van der Waals surface area contributed by atoms with E-state index in [4.69, 9.17) is 14.2 Å². The minimum atomic E-state index is -0.271. The van der Waals surface area contributed by atoms with Crippen molar-refractivity contribution in [2.45, 2.75) is 27.1 Å². The van der Waals surface area contributed by atoms with Gasteiger partial charge in [0.1, 0.15) is 19.0 Å². The van der Waals surface area contributed by atoms with Gasteiger partial charge in [0.05, 0.1) is 12.8 Å². The summed E-state index contributed by atoms with van der Waals surface area (Å²) in [5.41, 5.74) is 6.98. The molecule has 6 nitrogen and oxygen atoms in total. The molecule has 0 aliphatic carbocycles. The first kappa shape index (κ1) is 25.5. The quantitative estimate of drug-likeness (QED) is 0.196. The van der Waals surface area contributed by atoms with Gasteiger partial charge in [-0.05, 0) is 61.4 Å². The fourth-order valence-corrected chi connectivity index (χ4v) is 3.57. The Labute approximate surface area is 217 Å². The number of benzene rings is 4. The number of amides is 1. The highest BCUT2D eigenvalue weighted by molar-refractivity contribution is 5.95. The monoisotopic (exact) mass is 494 g/mol. The molecule has 0 heterocycles. The van der Waals surface area contributed by atoms with Crippen LogP contribution < -0.4 is 19.6 Å². The van der Waals surface area contributed by atoms with Crippen molar-refractivity contribution in [2.24, 2.45) is 5.10 Å². The normalized spacial score (nSPS) is 10.8. The highest BCUT2D eigenvalue weighted by Gasteiger charge is 2.09. The summed E-state index contributed by atoms with van der Waals surface area (Å²) in [7, 11) is 0. The fraction of sp³-hybridized carbons (Fsp3) is 0.161. The van der Waals surface area contributed by atoms with Crippen LogP contribution in [0.4, 0.5) is 0 Å². The minimum absolute atomic E-state index is 0.271. The molecule has 1 N–H and O–H groups in total. The SMILES string of the molecule is CCOc1cc(COc2ccccc2/C=N/NC(=O)c2ccc(C)cc2)ccc1OCc1ccccc1. The van der Waals surface area contributed by atoms with Crippen LogP contribution in [0.3, 0.4) is 0 Å². The van der Waals surface area contributed by atoms with Crippen LogP contribution in [0.2, 0.25) is 0 Å². The van der Waals surface area contributed by atoms with Gasteiger partial charge in [0, 0.05) is 11.1 Å². The number of hydrogen-bond donors (Lipinski definition) is 1. The first-order chi connectivity index (χ1) is 18.1. The maximum Gasteiger partial charge on any atom is 0.271 e. The van der Waals surface area contributed by atoms with E-state index in [0.717, 1.165) is 22.3 Å². The second kappa shape index (κ2) is 12.9. The van der Waals surface area contributed by atoms with E-state index in [2.05, 4.69) is 10.5 Å². The Bertz CT molecular complexity index is 1340. The molecule has 4 aromatic carbocycles. The van der Waals surface area contributed by atoms with Crippen LogP contribution in [0.25, 0.3) is 0 Å². The molecule has 0 radical (unpaired) electrons. The van der Waals surface area contributed by atoms with Gasteiger partial charge in [-0.3, -0.25) is 4.79 Å². The van der Waals surface area contributed by atoms with Crippen LogP contribution in [0, 0.1) is 6.92 Å². The topological polar surface area (TPSA) is 69.2 Å². The Morgan fingerprint density at radius 2 is 1.46 bits per heavy atom. The lowest BCUT2D eigenvalue weighted by atomic mass is 10.1. The lowest BCUT2D eigenvalue weighted by molar-refractivity contribution is 0.0955. The smallest absolute Gasteiger partial charge is 0.271 e. The Kier molecular flexibility index (Phi) is 8.92. The molecule has 0 aliphatic rings. The molecule has 0 saturated heterocycles. The molecule has 0 atom stereocenters. The molecule has 6 heteroatoms. The molecule has 0 aromatic heterocycles. The zero-order valence-corrected chi connectivity index (χ0v) is 21.0. The van der Waals surface area contributed by atoms with Crippen molar-refractivity contribution in [2.75, 3.05) is 6.61 Å². The predicted molar refractivity (Wildman–Crippen MR) is 145 cm³/mol. The van der Waals surface area contributed by atoms with E-state index >= 15 is 0 Å². The zero-order chi connectivity index (χ0) is 25.9. The van der Waals surface area contributed by atoms with Gasteiger partial charge in [0.15, 0.2) is 11.5 Å². The van der Waals surface area contributed by atoms with Gasteiger partial charge in [-0.1, -0.05) is 66.2 Å². The summed E-state index contributed by atoms with van der Waals surface area (Å²) in [4.78, 5) is 12.3. The Balaban J connectivity index is 1.38. The first-order valence-electron chi connectivity index (χ1n) is 12.2. The van der Waals surface area contributed by atoms with Crippen LogP contribution in [-0.4, -0.2) is 18.7 Å². The maximum absolute atomic E-state index is 12.3.